The third kappa shape index (κ3) is 3.12. The summed E-state index contributed by atoms with van der Waals surface area (Å²) < 4.78 is 4.06. The summed E-state index contributed by atoms with van der Waals surface area (Å²) in [6.45, 7) is 2.04. The van der Waals surface area contributed by atoms with Gasteiger partial charge in [0.1, 0.15) is 0 Å². The zero-order chi connectivity index (χ0) is 20.5. The number of aryl methyl sites for hydroxylation is 2. The Kier molecular flexibility index (Phi) is 4.52. The Morgan fingerprint density at radius 3 is 2.27 bits per heavy atom. The Balaban J connectivity index is 1.70. The molecule has 0 unspecified atom stereocenters. The van der Waals surface area contributed by atoms with E-state index in [4.69, 9.17) is 10.1 Å². The molecule has 2 heterocycles. The Morgan fingerprint density at radius 1 is 0.833 bits per heavy atom. The number of nitrogens with zero attached hydrogens (tertiary/aromatic N) is 4. The highest BCUT2D eigenvalue weighted by atomic mass is 15.3. The van der Waals surface area contributed by atoms with Crippen LogP contribution >= 0.6 is 0 Å². The van der Waals surface area contributed by atoms with E-state index in [1.54, 1.807) is 0 Å². The van der Waals surface area contributed by atoms with Gasteiger partial charge in [-0.2, -0.15) is 5.10 Å². The maximum absolute atomic E-state index is 4.98. The molecule has 0 aliphatic rings. The molecule has 5 rings (SSSR count). The van der Waals surface area contributed by atoms with E-state index in [1.807, 2.05) is 54.2 Å². The molecule has 0 spiro atoms. The van der Waals surface area contributed by atoms with Gasteiger partial charge >= 0.3 is 0 Å². The van der Waals surface area contributed by atoms with Gasteiger partial charge in [-0.15, -0.1) is 0 Å². The molecule has 0 bridgehead atoms. The van der Waals surface area contributed by atoms with Crippen LogP contribution in [0.25, 0.3) is 27.7 Å². The standard InChI is InChI=1S/C26H22N4/c1-19-25(20-11-5-3-6-12-20)26(30(28-19)22-13-7-4-8-14-22)27-17-21-18-29(2)24-16-10-9-15-23(21)24/h3-18H,1-2H3/b27-17+. The van der Waals surface area contributed by atoms with E-state index >= 15 is 0 Å². The van der Waals surface area contributed by atoms with Crippen molar-refractivity contribution in [3.8, 4) is 16.8 Å². The van der Waals surface area contributed by atoms with E-state index in [0.717, 1.165) is 33.9 Å². The SMILES string of the molecule is Cc1nn(-c2ccccc2)c(/N=C/c2cn(C)c3ccccc23)c1-c1ccccc1. The number of hydrogen-bond donors (Lipinski definition) is 0. The number of fused-ring (bicyclic) bond motifs is 1. The van der Waals surface area contributed by atoms with Gasteiger partial charge in [-0.25, -0.2) is 9.67 Å². The van der Waals surface area contributed by atoms with Gasteiger partial charge < -0.3 is 4.57 Å². The molecule has 4 nitrogen and oxygen atoms in total. The summed E-state index contributed by atoms with van der Waals surface area (Å²) >= 11 is 0. The normalized spacial score (nSPS) is 11.5. The minimum absolute atomic E-state index is 0.831. The van der Waals surface area contributed by atoms with Crippen molar-refractivity contribution in [2.45, 2.75) is 6.92 Å². The Hall–Kier alpha value is -3.92. The molecule has 4 heteroatoms. The first-order valence-corrected chi connectivity index (χ1v) is 10.0. The van der Waals surface area contributed by atoms with Crippen LogP contribution in [-0.4, -0.2) is 20.6 Å². The highest BCUT2D eigenvalue weighted by molar-refractivity contribution is 6.00. The highest BCUT2D eigenvalue weighted by Gasteiger charge is 2.17. The zero-order valence-corrected chi connectivity index (χ0v) is 17.0. The summed E-state index contributed by atoms with van der Waals surface area (Å²) in [5.74, 6) is 0.831. The predicted octanol–water partition coefficient (Wildman–Crippen LogP) is 6.09. The van der Waals surface area contributed by atoms with Crippen LogP contribution in [0.4, 0.5) is 5.82 Å². The van der Waals surface area contributed by atoms with Gasteiger partial charge in [0.05, 0.1) is 11.4 Å². The molecular weight excluding hydrogens is 368 g/mol. The lowest BCUT2D eigenvalue weighted by molar-refractivity contribution is 0.863. The monoisotopic (exact) mass is 390 g/mol. The van der Waals surface area contributed by atoms with Crippen LogP contribution in [-0.2, 0) is 7.05 Å². The molecule has 0 radical (unpaired) electrons. The first kappa shape index (κ1) is 18.1. The second kappa shape index (κ2) is 7.48. The van der Waals surface area contributed by atoms with Crippen LogP contribution in [0.1, 0.15) is 11.3 Å². The quantitative estimate of drug-likeness (QED) is 0.342. The average Bonchev–Trinajstić information content (AvgIpc) is 3.30. The van der Waals surface area contributed by atoms with Crippen molar-refractivity contribution >= 4 is 22.9 Å². The van der Waals surface area contributed by atoms with E-state index in [0.29, 0.717) is 0 Å². The summed E-state index contributed by atoms with van der Waals surface area (Å²) in [4.78, 5) is 4.98. The molecule has 30 heavy (non-hydrogen) atoms. The smallest absolute Gasteiger partial charge is 0.163 e. The van der Waals surface area contributed by atoms with E-state index in [-0.39, 0.29) is 0 Å². The summed E-state index contributed by atoms with van der Waals surface area (Å²) in [5, 5.41) is 6.02. The third-order valence-electron chi connectivity index (χ3n) is 5.35. The van der Waals surface area contributed by atoms with E-state index in [1.165, 1.54) is 10.9 Å². The van der Waals surface area contributed by atoms with Gasteiger partial charge in [0.15, 0.2) is 5.82 Å². The van der Waals surface area contributed by atoms with Gasteiger partial charge in [-0.1, -0.05) is 66.7 Å². The van der Waals surface area contributed by atoms with Crippen molar-refractivity contribution in [1.82, 2.24) is 14.3 Å². The van der Waals surface area contributed by atoms with Crippen LogP contribution < -0.4 is 0 Å². The first-order chi connectivity index (χ1) is 14.7. The summed E-state index contributed by atoms with van der Waals surface area (Å²) in [6, 6.07) is 28.9. The van der Waals surface area contributed by atoms with E-state index < -0.39 is 0 Å². The molecule has 0 saturated carbocycles. The van der Waals surface area contributed by atoms with Crippen LogP contribution in [0.2, 0.25) is 0 Å². The second-order valence-electron chi connectivity index (χ2n) is 7.37. The van der Waals surface area contributed by atoms with Gasteiger partial charge in [0.25, 0.3) is 0 Å². The predicted molar refractivity (Wildman–Crippen MR) is 124 cm³/mol. The van der Waals surface area contributed by atoms with Gasteiger partial charge in [0, 0.05) is 41.5 Å². The number of aromatic nitrogens is 3. The Bertz CT molecular complexity index is 1340. The molecule has 146 valence electrons. The van der Waals surface area contributed by atoms with Crippen molar-refractivity contribution in [1.29, 1.82) is 0 Å². The summed E-state index contributed by atoms with van der Waals surface area (Å²) in [7, 11) is 2.06. The largest absolute Gasteiger partial charge is 0.350 e. The lowest BCUT2D eigenvalue weighted by atomic mass is 10.1. The maximum atomic E-state index is 4.98. The molecule has 0 atom stereocenters. The van der Waals surface area contributed by atoms with Gasteiger partial charge in [-0.05, 0) is 30.7 Å². The minimum atomic E-state index is 0.831. The number of rotatable bonds is 4. The van der Waals surface area contributed by atoms with Gasteiger partial charge in [0.2, 0.25) is 0 Å². The number of hydrogen-bond acceptors (Lipinski definition) is 2. The fourth-order valence-corrected chi connectivity index (χ4v) is 3.93. The van der Waals surface area contributed by atoms with Crippen molar-refractivity contribution in [3.63, 3.8) is 0 Å². The molecule has 0 amide bonds. The average molecular weight is 390 g/mol. The lowest BCUT2D eigenvalue weighted by Gasteiger charge is -2.06. The fraction of sp³-hybridized carbons (Fsp3) is 0.0769. The van der Waals surface area contributed by atoms with Crippen molar-refractivity contribution in [3.05, 3.63) is 102 Å². The number of benzene rings is 3. The molecule has 0 aliphatic carbocycles. The molecule has 0 N–H and O–H groups in total. The Labute approximate surface area is 175 Å². The molecule has 0 fully saturated rings. The molecule has 0 saturated heterocycles. The maximum Gasteiger partial charge on any atom is 0.163 e. The van der Waals surface area contributed by atoms with Crippen LogP contribution in [0.15, 0.2) is 96.1 Å². The zero-order valence-electron chi connectivity index (χ0n) is 17.0. The third-order valence-corrected chi connectivity index (χ3v) is 5.35. The van der Waals surface area contributed by atoms with Crippen LogP contribution in [0.3, 0.4) is 0 Å². The number of aliphatic imine (C=N–C) groups is 1. The molecular formula is C26H22N4. The van der Waals surface area contributed by atoms with Gasteiger partial charge in [-0.3, -0.25) is 0 Å². The van der Waals surface area contributed by atoms with Crippen LogP contribution in [0.5, 0.6) is 0 Å². The molecule has 0 aliphatic heterocycles. The second-order valence-corrected chi connectivity index (χ2v) is 7.37. The molecule has 5 aromatic rings. The number of para-hydroxylation sites is 2. The minimum Gasteiger partial charge on any atom is -0.350 e. The van der Waals surface area contributed by atoms with E-state index in [9.17, 15) is 0 Å². The van der Waals surface area contributed by atoms with Crippen molar-refractivity contribution < 1.29 is 0 Å². The van der Waals surface area contributed by atoms with Crippen LogP contribution in [0, 0.1) is 6.92 Å². The summed E-state index contributed by atoms with van der Waals surface area (Å²) in [6.07, 6.45) is 4.07. The summed E-state index contributed by atoms with van der Waals surface area (Å²) in [5.41, 5.74) is 6.39. The fourth-order valence-electron chi connectivity index (χ4n) is 3.93. The van der Waals surface area contributed by atoms with Crippen molar-refractivity contribution in [2.75, 3.05) is 0 Å². The Morgan fingerprint density at radius 2 is 1.50 bits per heavy atom. The molecule has 2 aromatic heterocycles. The lowest BCUT2D eigenvalue weighted by Crippen LogP contribution is -1.96. The van der Waals surface area contributed by atoms with Crippen molar-refractivity contribution in [2.24, 2.45) is 12.0 Å². The molecule has 3 aromatic carbocycles. The first-order valence-electron chi connectivity index (χ1n) is 10.0. The topological polar surface area (TPSA) is 35.1 Å². The van der Waals surface area contributed by atoms with E-state index in [2.05, 4.69) is 66.3 Å². The highest BCUT2D eigenvalue weighted by Crippen LogP contribution is 2.35.